The summed E-state index contributed by atoms with van der Waals surface area (Å²) >= 11 is 0. The Kier molecular flexibility index (Phi) is 2.08. The minimum atomic E-state index is 0.515. The van der Waals surface area contributed by atoms with Crippen molar-refractivity contribution in [2.75, 3.05) is 0 Å². The average Bonchev–Trinajstić information content (AvgIpc) is 2.00. The maximum atomic E-state index is 2.50. The summed E-state index contributed by atoms with van der Waals surface area (Å²) in [6.07, 6.45) is 2.98. The van der Waals surface area contributed by atoms with Gasteiger partial charge < -0.3 is 0 Å². The van der Waals surface area contributed by atoms with Crippen LogP contribution in [0.15, 0.2) is 0 Å². The van der Waals surface area contributed by atoms with Crippen LogP contribution in [-0.2, 0) is 0 Å². The molecule has 0 aromatic rings. The Morgan fingerprint density at radius 3 is 1.93 bits per heavy atom. The molecule has 2 bridgehead atoms. The van der Waals surface area contributed by atoms with Crippen molar-refractivity contribution in [1.29, 1.82) is 0 Å². The fourth-order valence-corrected chi connectivity index (χ4v) is 4.33. The summed E-state index contributed by atoms with van der Waals surface area (Å²) in [4.78, 5) is 0. The van der Waals surface area contributed by atoms with E-state index in [1.807, 2.05) is 0 Å². The molecule has 14 heavy (non-hydrogen) atoms. The van der Waals surface area contributed by atoms with Gasteiger partial charge in [-0.2, -0.15) is 0 Å². The van der Waals surface area contributed by atoms with Crippen LogP contribution < -0.4 is 0 Å². The molecule has 0 heterocycles. The van der Waals surface area contributed by atoms with Crippen molar-refractivity contribution in [3.8, 4) is 0 Å². The van der Waals surface area contributed by atoms with Crippen LogP contribution in [0.1, 0.15) is 54.4 Å². The zero-order chi connectivity index (χ0) is 10.7. The zero-order valence-electron chi connectivity index (χ0n) is 10.7. The van der Waals surface area contributed by atoms with E-state index in [4.69, 9.17) is 0 Å². The van der Waals surface area contributed by atoms with Crippen molar-refractivity contribution >= 4 is 0 Å². The maximum Gasteiger partial charge on any atom is -0.0292 e. The first-order chi connectivity index (χ1) is 6.24. The standard InChI is InChI=1S/C14H26/c1-9-7-11(13(2,3)4)12-8-10(9)14(12,5)6/h9-12H,7-8H2,1-6H3. The van der Waals surface area contributed by atoms with Crippen LogP contribution in [0.25, 0.3) is 0 Å². The molecule has 0 aliphatic heterocycles. The molecule has 0 saturated heterocycles. The van der Waals surface area contributed by atoms with Gasteiger partial charge in [-0.05, 0) is 47.3 Å². The van der Waals surface area contributed by atoms with Gasteiger partial charge in [0.2, 0.25) is 0 Å². The third-order valence-corrected chi connectivity index (χ3v) is 5.33. The van der Waals surface area contributed by atoms with Gasteiger partial charge in [0.15, 0.2) is 0 Å². The lowest BCUT2D eigenvalue weighted by molar-refractivity contribution is -0.163. The second-order valence-corrected chi connectivity index (χ2v) is 7.46. The fourth-order valence-electron chi connectivity index (χ4n) is 4.33. The van der Waals surface area contributed by atoms with Gasteiger partial charge in [0.25, 0.3) is 0 Å². The molecular formula is C14H26. The Morgan fingerprint density at radius 1 is 1.00 bits per heavy atom. The molecule has 82 valence electrons. The first kappa shape index (κ1) is 10.5. The molecule has 4 unspecified atom stereocenters. The van der Waals surface area contributed by atoms with Gasteiger partial charge in [-0.15, -0.1) is 0 Å². The van der Waals surface area contributed by atoms with Crippen molar-refractivity contribution in [3.63, 3.8) is 0 Å². The summed E-state index contributed by atoms with van der Waals surface area (Å²) < 4.78 is 0. The third kappa shape index (κ3) is 1.26. The highest BCUT2D eigenvalue weighted by Crippen LogP contribution is 2.66. The number of hydrogen-bond donors (Lipinski definition) is 0. The Hall–Kier alpha value is 0. The van der Waals surface area contributed by atoms with Crippen molar-refractivity contribution in [2.45, 2.75) is 54.4 Å². The van der Waals surface area contributed by atoms with Crippen molar-refractivity contribution in [3.05, 3.63) is 0 Å². The summed E-state index contributed by atoms with van der Waals surface area (Å²) in [6, 6.07) is 0. The van der Waals surface area contributed by atoms with E-state index < -0.39 is 0 Å². The molecule has 3 saturated carbocycles. The van der Waals surface area contributed by atoms with Crippen LogP contribution in [0.5, 0.6) is 0 Å². The topological polar surface area (TPSA) is 0 Å². The van der Waals surface area contributed by atoms with Gasteiger partial charge in [-0.3, -0.25) is 0 Å². The molecule has 0 aromatic heterocycles. The van der Waals surface area contributed by atoms with Crippen LogP contribution in [-0.4, -0.2) is 0 Å². The van der Waals surface area contributed by atoms with E-state index in [1.54, 1.807) is 0 Å². The highest BCUT2D eigenvalue weighted by Gasteiger charge is 2.58. The molecule has 0 amide bonds. The highest BCUT2D eigenvalue weighted by atomic mass is 14.6. The fraction of sp³-hybridized carbons (Fsp3) is 1.00. The van der Waals surface area contributed by atoms with E-state index in [1.165, 1.54) is 12.8 Å². The molecule has 3 rings (SSSR count). The molecule has 0 nitrogen and oxygen atoms in total. The van der Waals surface area contributed by atoms with Crippen LogP contribution in [0.3, 0.4) is 0 Å². The quantitative estimate of drug-likeness (QED) is 0.538. The monoisotopic (exact) mass is 194 g/mol. The van der Waals surface area contributed by atoms with E-state index >= 15 is 0 Å². The van der Waals surface area contributed by atoms with Crippen molar-refractivity contribution in [2.24, 2.45) is 34.5 Å². The first-order valence-corrected chi connectivity index (χ1v) is 6.24. The lowest BCUT2D eigenvalue weighted by Crippen LogP contribution is -2.58. The minimum absolute atomic E-state index is 0.515. The van der Waals surface area contributed by atoms with E-state index in [0.717, 1.165) is 23.7 Å². The molecular weight excluding hydrogens is 168 g/mol. The predicted octanol–water partition coefficient (Wildman–Crippen LogP) is 4.35. The van der Waals surface area contributed by atoms with Gasteiger partial charge in [-0.1, -0.05) is 41.5 Å². The number of hydrogen-bond acceptors (Lipinski definition) is 0. The predicted molar refractivity (Wildman–Crippen MR) is 62.1 cm³/mol. The van der Waals surface area contributed by atoms with Gasteiger partial charge in [0.1, 0.15) is 0 Å². The smallest absolute Gasteiger partial charge is 0.0292 e. The van der Waals surface area contributed by atoms with E-state index in [2.05, 4.69) is 41.5 Å². The normalized spacial score (nSPS) is 45.9. The Labute approximate surface area is 89.5 Å². The molecule has 3 fully saturated rings. The Morgan fingerprint density at radius 2 is 1.57 bits per heavy atom. The minimum Gasteiger partial charge on any atom is -0.0622 e. The third-order valence-electron chi connectivity index (χ3n) is 5.33. The first-order valence-electron chi connectivity index (χ1n) is 6.24. The summed E-state index contributed by atoms with van der Waals surface area (Å²) in [5.74, 6) is 3.94. The second-order valence-electron chi connectivity index (χ2n) is 7.46. The van der Waals surface area contributed by atoms with E-state index in [-0.39, 0.29) is 0 Å². The molecule has 0 aromatic carbocycles. The highest BCUT2D eigenvalue weighted by molar-refractivity contribution is 5.07. The van der Waals surface area contributed by atoms with Gasteiger partial charge in [0, 0.05) is 0 Å². The van der Waals surface area contributed by atoms with Crippen LogP contribution >= 0.6 is 0 Å². The molecule has 4 atom stereocenters. The Balaban J connectivity index is 2.22. The van der Waals surface area contributed by atoms with Crippen molar-refractivity contribution in [1.82, 2.24) is 0 Å². The summed E-state index contributed by atoms with van der Waals surface area (Å²) in [7, 11) is 0. The molecule has 3 aliphatic rings. The van der Waals surface area contributed by atoms with Crippen molar-refractivity contribution < 1.29 is 0 Å². The summed E-state index contributed by atoms with van der Waals surface area (Å²) in [5, 5.41) is 0. The SMILES string of the molecule is CC1CC(C(C)(C)C)C2CC1C2(C)C. The molecule has 0 spiro atoms. The van der Waals surface area contributed by atoms with Crippen LogP contribution in [0, 0.1) is 34.5 Å². The summed E-state index contributed by atoms with van der Waals surface area (Å²) in [6.45, 7) is 14.8. The molecule has 0 radical (unpaired) electrons. The molecule has 3 aliphatic carbocycles. The Bertz CT molecular complexity index is 231. The van der Waals surface area contributed by atoms with Gasteiger partial charge in [0.05, 0.1) is 0 Å². The van der Waals surface area contributed by atoms with E-state index in [0.29, 0.717) is 10.8 Å². The zero-order valence-corrected chi connectivity index (χ0v) is 10.7. The largest absolute Gasteiger partial charge is 0.0622 e. The molecule has 0 heteroatoms. The van der Waals surface area contributed by atoms with Gasteiger partial charge >= 0.3 is 0 Å². The summed E-state index contributed by atoms with van der Waals surface area (Å²) in [5.41, 5.74) is 1.15. The number of fused-ring (bicyclic) bond motifs is 2. The lowest BCUT2D eigenvalue weighted by Gasteiger charge is -2.65. The lowest BCUT2D eigenvalue weighted by atomic mass is 9.40. The van der Waals surface area contributed by atoms with Crippen LogP contribution in [0.2, 0.25) is 0 Å². The van der Waals surface area contributed by atoms with Gasteiger partial charge in [-0.25, -0.2) is 0 Å². The number of rotatable bonds is 0. The van der Waals surface area contributed by atoms with E-state index in [9.17, 15) is 0 Å². The molecule has 0 N–H and O–H groups in total. The maximum absolute atomic E-state index is 2.50. The average molecular weight is 194 g/mol. The second kappa shape index (κ2) is 2.77. The van der Waals surface area contributed by atoms with Crippen LogP contribution in [0.4, 0.5) is 0 Å².